The minimum Gasteiger partial charge on any atom is -0.347 e. The zero-order valence-electron chi connectivity index (χ0n) is 14.7. The van der Waals surface area contributed by atoms with Crippen LogP contribution in [0.2, 0.25) is 0 Å². The highest BCUT2D eigenvalue weighted by Crippen LogP contribution is 2.32. The Kier molecular flexibility index (Phi) is 4.66. The van der Waals surface area contributed by atoms with Crippen molar-refractivity contribution in [2.75, 3.05) is 42.9 Å². The van der Waals surface area contributed by atoms with E-state index >= 15 is 0 Å². The molecule has 3 heterocycles. The topological polar surface area (TPSA) is 76.2 Å². The Hall–Kier alpha value is -1.64. The number of piperidine rings is 1. The van der Waals surface area contributed by atoms with Crippen LogP contribution in [0.25, 0.3) is 0 Å². The van der Waals surface area contributed by atoms with E-state index in [1.807, 2.05) is 4.90 Å². The molecule has 8 heteroatoms. The van der Waals surface area contributed by atoms with Crippen molar-refractivity contribution in [1.82, 2.24) is 4.90 Å². The first-order valence-electron chi connectivity index (χ1n) is 9.17. The SMILES string of the molecule is O=C(c1ccc(N2CCCCS2(=O)=O)cc1)N1CCC2(CC1)OCCO2. The van der Waals surface area contributed by atoms with Crippen LogP contribution in [0.5, 0.6) is 0 Å². The molecule has 4 rings (SSSR count). The lowest BCUT2D eigenvalue weighted by molar-refractivity contribution is -0.181. The highest BCUT2D eigenvalue weighted by molar-refractivity contribution is 7.92. The minimum absolute atomic E-state index is 0.0362. The van der Waals surface area contributed by atoms with Crippen LogP contribution < -0.4 is 4.31 Å². The number of amides is 1. The van der Waals surface area contributed by atoms with Crippen LogP contribution in [0.15, 0.2) is 24.3 Å². The number of sulfonamides is 1. The van der Waals surface area contributed by atoms with Crippen LogP contribution in [0.3, 0.4) is 0 Å². The van der Waals surface area contributed by atoms with E-state index in [4.69, 9.17) is 9.47 Å². The van der Waals surface area contributed by atoms with Crippen molar-refractivity contribution in [2.24, 2.45) is 0 Å². The van der Waals surface area contributed by atoms with Crippen LogP contribution in [0.4, 0.5) is 5.69 Å². The smallest absolute Gasteiger partial charge is 0.253 e. The molecule has 3 aliphatic heterocycles. The number of anilines is 1. The van der Waals surface area contributed by atoms with Gasteiger partial charge in [-0.2, -0.15) is 0 Å². The summed E-state index contributed by atoms with van der Waals surface area (Å²) in [6.07, 6.45) is 2.94. The third kappa shape index (κ3) is 3.33. The molecular formula is C18H24N2O5S. The maximum absolute atomic E-state index is 12.7. The Bertz CT molecular complexity index is 761. The molecule has 1 aromatic rings. The summed E-state index contributed by atoms with van der Waals surface area (Å²) in [5, 5.41) is 0. The predicted molar refractivity (Wildman–Crippen MR) is 96.6 cm³/mol. The quantitative estimate of drug-likeness (QED) is 0.779. The summed E-state index contributed by atoms with van der Waals surface area (Å²) in [6, 6.07) is 6.89. The largest absolute Gasteiger partial charge is 0.347 e. The van der Waals surface area contributed by atoms with Gasteiger partial charge in [0.1, 0.15) is 0 Å². The van der Waals surface area contributed by atoms with Crippen LogP contribution in [-0.2, 0) is 19.5 Å². The number of ether oxygens (including phenoxy) is 2. The molecule has 1 spiro atoms. The Balaban J connectivity index is 1.43. The van der Waals surface area contributed by atoms with E-state index in [9.17, 15) is 13.2 Å². The van der Waals surface area contributed by atoms with E-state index < -0.39 is 15.8 Å². The van der Waals surface area contributed by atoms with Gasteiger partial charge in [-0.1, -0.05) is 0 Å². The Labute approximate surface area is 153 Å². The number of nitrogens with zero attached hydrogens (tertiary/aromatic N) is 2. The molecule has 26 heavy (non-hydrogen) atoms. The van der Waals surface area contributed by atoms with Gasteiger partial charge < -0.3 is 14.4 Å². The standard InChI is InChI=1S/C18H24N2O5S/c21-17(19-10-7-18(8-11-19)24-12-13-25-18)15-3-5-16(6-4-15)20-9-1-2-14-26(20,22)23/h3-6H,1-2,7-14H2. The molecule has 7 nitrogen and oxygen atoms in total. The zero-order chi connectivity index (χ0) is 18.2. The molecule has 0 saturated carbocycles. The van der Waals surface area contributed by atoms with Gasteiger partial charge in [0, 0.05) is 38.0 Å². The van der Waals surface area contributed by atoms with Crippen molar-refractivity contribution in [1.29, 1.82) is 0 Å². The molecule has 0 atom stereocenters. The monoisotopic (exact) mass is 380 g/mol. The van der Waals surface area contributed by atoms with Crippen LogP contribution >= 0.6 is 0 Å². The van der Waals surface area contributed by atoms with E-state index in [-0.39, 0.29) is 11.7 Å². The molecule has 0 radical (unpaired) electrons. The molecule has 1 amide bonds. The maximum atomic E-state index is 12.7. The summed E-state index contributed by atoms with van der Waals surface area (Å²) in [5.41, 5.74) is 1.21. The molecule has 0 unspecified atom stereocenters. The fraction of sp³-hybridized carbons (Fsp3) is 0.611. The van der Waals surface area contributed by atoms with Gasteiger partial charge in [0.2, 0.25) is 10.0 Å². The van der Waals surface area contributed by atoms with Gasteiger partial charge in [0.25, 0.3) is 5.91 Å². The van der Waals surface area contributed by atoms with Gasteiger partial charge in [-0.15, -0.1) is 0 Å². The average Bonchev–Trinajstić information content (AvgIpc) is 3.10. The Morgan fingerprint density at radius 1 is 0.962 bits per heavy atom. The summed E-state index contributed by atoms with van der Waals surface area (Å²) in [4.78, 5) is 14.5. The molecule has 3 aliphatic rings. The van der Waals surface area contributed by atoms with Gasteiger partial charge in [-0.3, -0.25) is 9.10 Å². The highest BCUT2D eigenvalue weighted by Gasteiger charge is 2.40. The van der Waals surface area contributed by atoms with Crippen LogP contribution in [-0.4, -0.2) is 63.6 Å². The summed E-state index contributed by atoms with van der Waals surface area (Å²) in [7, 11) is -3.23. The van der Waals surface area contributed by atoms with Gasteiger partial charge in [-0.25, -0.2) is 8.42 Å². The molecule has 0 bridgehead atoms. The molecule has 0 N–H and O–H groups in total. The van der Waals surface area contributed by atoms with Crippen molar-refractivity contribution >= 4 is 21.6 Å². The van der Waals surface area contributed by atoms with Crippen molar-refractivity contribution < 1.29 is 22.7 Å². The predicted octanol–water partition coefficient (Wildman–Crippen LogP) is 1.60. The third-order valence-electron chi connectivity index (χ3n) is 5.38. The number of carbonyl (C=O) groups is 1. The van der Waals surface area contributed by atoms with Gasteiger partial charge in [-0.05, 0) is 37.1 Å². The first-order chi connectivity index (χ1) is 12.5. The second-order valence-corrected chi connectivity index (χ2v) is 9.05. The Morgan fingerprint density at radius 2 is 1.62 bits per heavy atom. The maximum Gasteiger partial charge on any atom is 0.253 e. The number of benzene rings is 1. The summed E-state index contributed by atoms with van der Waals surface area (Å²) < 4.78 is 37.2. The highest BCUT2D eigenvalue weighted by atomic mass is 32.2. The van der Waals surface area contributed by atoms with Crippen molar-refractivity contribution in [3.63, 3.8) is 0 Å². The van der Waals surface area contributed by atoms with Gasteiger partial charge in [0.15, 0.2) is 5.79 Å². The first-order valence-corrected chi connectivity index (χ1v) is 10.8. The number of hydrogen-bond acceptors (Lipinski definition) is 5. The summed E-state index contributed by atoms with van der Waals surface area (Å²) in [5.74, 6) is -0.345. The lowest BCUT2D eigenvalue weighted by atomic mass is 10.0. The first kappa shape index (κ1) is 17.8. The van der Waals surface area contributed by atoms with Crippen molar-refractivity contribution in [3.05, 3.63) is 29.8 Å². The molecule has 1 aromatic carbocycles. The second kappa shape index (κ2) is 6.83. The average molecular weight is 380 g/mol. The van der Waals surface area contributed by atoms with E-state index in [1.165, 1.54) is 4.31 Å². The van der Waals surface area contributed by atoms with Gasteiger partial charge >= 0.3 is 0 Å². The van der Waals surface area contributed by atoms with Crippen molar-refractivity contribution in [2.45, 2.75) is 31.5 Å². The molecule has 0 aromatic heterocycles. The molecule has 142 valence electrons. The lowest BCUT2D eigenvalue weighted by Crippen LogP contribution is -2.47. The van der Waals surface area contributed by atoms with Crippen LogP contribution in [0.1, 0.15) is 36.0 Å². The summed E-state index contributed by atoms with van der Waals surface area (Å²) >= 11 is 0. The molecule has 3 saturated heterocycles. The minimum atomic E-state index is -3.23. The number of likely N-dealkylation sites (tertiary alicyclic amines) is 1. The van der Waals surface area contributed by atoms with Crippen molar-refractivity contribution in [3.8, 4) is 0 Å². The summed E-state index contributed by atoms with van der Waals surface area (Å²) in [6.45, 7) is 2.94. The lowest BCUT2D eigenvalue weighted by Gasteiger charge is -2.37. The van der Waals surface area contributed by atoms with Crippen LogP contribution in [0, 0.1) is 0 Å². The van der Waals surface area contributed by atoms with Gasteiger partial charge in [0.05, 0.1) is 24.7 Å². The second-order valence-electron chi connectivity index (χ2n) is 7.04. The zero-order valence-corrected chi connectivity index (χ0v) is 15.5. The normalized spacial score (nSPS) is 24.8. The number of hydrogen-bond donors (Lipinski definition) is 0. The van der Waals surface area contributed by atoms with E-state index in [1.54, 1.807) is 24.3 Å². The molecule has 3 fully saturated rings. The fourth-order valence-corrected chi connectivity index (χ4v) is 5.51. The number of carbonyl (C=O) groups excluding carboxylic acids is 1. The fourth-order valence-electron chi connectivity index (χ4n) is 3.87. The van der Waals surface area contributed by atoms with E-state index in [0.29, 0.717) is 63.4 Å². The number of rotatable bonds is 2. The van der Waals surface area contributed by atoms with E-state index in [2.05, 4.69) is 0 Å². The molecular weight excluding hydrogens is 356 g/mol. The third-order valence-corrected chi connectivity index (χ3v) is 7.25. The van der Waals surface area contributed by atoms with E-state index in [0.717, 1.165) is 6.42 Å². The molecule has 0 aliphatic carbocycles. The Morgan fingerprint density at radius 3 is 2.23 bits per heavy atom.